The molecule has 20 heavy (non-hydrogen) atoms. The van der Waals surface area contributed by atoms with Gasteiger partial charge >= 0.3 is 6.18 Å². The van der Waals surface area contributed by atoms with Crippen LogP contribution in [-0.2, 0) is 15.7 Å². The summed E-state index contributed by atoms with van der Waals surface area (Å²) < 4.78 is 42.5. The number of amides is 1. The number of carbonyl (C=O) groups excluding carboxylic acids is 1. The molecule has 2 unspecified atom stereocenters. The van der Waals surface area contributed by atoms with Gasteiger partial charge in [-0.3, -0.25) is 4.79 Å². The van der Waals surface area contributed by atoms with Gasteiger partial charge in [-0.05, 0) is 30.7 Å². The van der Waals surface area contributed by atoms with Gasteiger partial charge in [0, 0.05) is 0 Å². The van der Waals surface area contributed by atoms with E-state index in [4.69, 9.17) is 16.3 Å². The van der Waals surface area contributed by atoms with Crippen LogP contribution in [0.5, 0.6) is 0 Å². The molecular formula is C13H11ClF3NO2. The fourth-order valence-electron chi connectivity index (χ4n) is 1.65. The first-order valence-electron chi connectivity index (χ1n) is 5.78. The third-order valence-corrected chi connectivity index (χ3v) is 2.93. The zero-order valence-corrected chi connectivity index (χ0v) is 11.1. The van der Waals surface area contributed by atoms with Crippen LogP contribution in [0.25, 0.3) is 6.08 Å². The lowest BCUT2D eigenvalue weighted by Crippen LogP contribution is -2.32. The van der Waals surface area contributed by atoms with Gasteiger partial charge in [-0.1, -0.05) is 12.1 Å². The predicted octanol–water partition coefficient (Wildman–Crippen LogP) is 3.15. The smallest absolute Gasteiger partial charge is 0.416 e. The van der Waals surface area contributed by atoms with E-state index in [1.54, 1.807) is 6.92 Å². The number of nitrogens with one attached hydrogen (secondary N) is 1. The molecule has 0 aliphatic carbocycles. The Balaban J connectivity index is 2.17. The molecule has 1 saturated heterocycles. The first-order valence-corrected chi connectivity index (χ1v) is 6.21. The summed E-state index contributed by atoms with van der Waals surface area (Å²) in [5, 5.41) is 2.10. The number of benzene rings is 1. The van der Waals surface area contributed by atoms with Gasteiger partial charge in [-0.25, -0.2) is 0 Å². The van der Waals surface area contributed by atoms with E-state index >= 15 is 0 Å². The van der Waals surface area contributed by atoms with Crippen LogP contribution in [0.2, 0.25) is 0 Å². The highest BCUT2D eigenvalue weighted by molar-refractivity contribution is 6.21. The molecule has 1 amide bonds. The summed E-state index contributed by atoms with van der Waals surface area (Å²) in [5.41, 5.74) is -0.310. The van der Waals surface area contributed by atoms with Gasteiger partial charge in [0.2, 0.25) is 0 Å². The molecule has 0 spiro atoms. The maximum absolute atomic E-state index is 12.4. The molecule has 0 bridgehead atoms. The zero-order chi connectivity index (χ0) is 14.9. The number of ether oxygens (including phenoxy) is 1. The third-order valence-electron chi connectivity index (χ3n) is 2.70. The van der Waals surface area contributed by atoms with E-state index in [2.05, 4.69) is 5.32 Å². The molecule has 2 atom stereocenters. The Hall–Kier alpha value is -1.69. The zero-order valence-electron chi connectivity index (χ0n) is 10.4. The molecule has 0 aromatic heterocycles. The molecule has 1 aromatic rings. The van der Waals surface area contributed by atoms with Crippen molar-refractivity contribution >= 4 is 23.6 Å². The number of carbonyl (C=O) groups is 1. The lowest BCUT2D eigenvalue weighted by atomic mass is 10.1. The molecule has 1 N–H and O–H groups in total. The van der Waals surface area contributed by atoms with Crippen LogP contribution in [0.15, 0.2) is 30.0 Å². The van der Waals surface area contributed by atoms with Crippen molar-refractivity contribution in [1.29, 1.82) is 0 Å². The van der Waals surface area contributed by atoms with Crippen LogP contribution in [0.1, 0.15) is 18.1 Å². The molecule has 2 rings (SSSR count). The van der Waals surface area contributed by atoms with E-state index in [0.29, 0.717) is 5.56 Å². The van der Waals surface area contributed by atoms with E-state index < -0.39 is 29.3 Å². The lowest BCUT2D eigenvalue weighted by molar-refractivity contribution is -0.137. The molecule has 108 valence electrons. The monoisotopic (exact) mass is 305 g/mol. The second-order valence-electron chi connectivity index (χ2n) is 4.32. The summed E-state index contributed by atoms with van der Waals surface area (Å²) in [5.74, 6) is -0.412. The summed E-state index contributed by atoms with van der Waals surface area (Å²) in [4.78, 5) is 11.6. The van der Waals surface area contributed by atoms with Crippen molar-refractivity contribution in [3.63, 3.8) is 0 Å². The number of hydrogen-bond donors (Lipinski definition) is 1. The van der Waals surface area contributed by atoms with Crippen molar-refractivity contribution in [2.24, 2.45) is 0 Å². The SMILES string of the molecule is CC(Cl)C1NC(=O)/C(=C/c2ccc(C(F)(F)F)cc2)O1. The van der Waals surface area contributed by atoms with Crippen molar-refractivity contribution < 1.29 is 22.7 Å². The first-order chi connectivity index (χ1) is 9.27. The Kier molecular flexibility index (Phi) is 3.94. The van der Waals surface area contributed by atoms with E-state index in [1.807, 2.05) is 0 Å². The minimum absolute atomic E-state index is 0.0299. The highest BCUT2D eigenvalue weighted by Gasteiger charge is 2.32. The van der Waals surface area contributed by atoms with E-state index in [0.717, 1.165) is 12.1 Å². The summed E-state index contributed by atoms with van der Waals surface area (Å²) in [7, 11) is 0. The molecule has 1 heterocycles. The van der Waals surface area contributed by atoms with Crippen LogP contribution in [0.3, 0.4) is 0 Å². The molecule has 3 nitrogen and oxygen atoms in total. The van der Waals surface area contributed by atoms with Gasteiger partial charge in [0.1, 0.15) is 0 Å². The molecule has 0 radical (unpaired) electrons. The van der Waals surface area contributed by atoms with Gasteiger partial charge < -0.3 is 10.1 Å². The van der Waals surface area contributed by atoms with Crippen molar-refractivity contribution in [2.45, 2.75) is 24.7 Å². The maximum Gasteiger partial charge on any atom is 0.416 e. The first kappa shape index (κ1) is 14.7. The van der Waals surface area contributed by atoms with Crippen LogP contribution < -0.4 is 5.32 Å². The van der Waals surface area contributed by atoms with Crippen molar-refractivity contribution in [2.75, 3.05) is 0 Å². The van der Waals surface area contributed by atoms with Crippen molar-refractivity contribution in [3.05, 3.63) is 41.2 Å². The Labute approximate surface area is 118 Å². The third kappa shape index (κ3) is 3.25. The average molecular weight is 306 g/mol. The largest absolute Gasteiger partial charge is 0.463 e. The second-order valence-corrected chi connectivity index (χ2v) is 5.01. The summed E-state index contributed by atoms with van der Waals surface area (Å²) in [6, 6.07) is 4.43. The normalized spacial score (nSPS) is 22.6. The van der Waals surface area contributed by atoms with E-state index in [9.17, 15) is 18.0 Å². The fourth-order valence-corrected chi connectivity index (χ4v) is 1.76. The van der Waals surface area contributed by atoms with Gasteiger partial charge in [0.15, 0.2) is 12.0 Å². The quantitative estimate of drug-likeness (QED) is 0.673. The second kappa shape index (κ2) is 5.36. The van der Waals surface area contributed by atoms with Crippen LogP contribution in [0.4, 0.5) is 13.2 Å². The highest BCUT2D eigenvalue weighted by atomic mass is 35.5. The lowest BCUT2D eigenvalue weighted by Gasteiger charge is -2.11. The van der Waals surface area contributed by atoms with Gasteiger partial charge in [0.25, 0.3) is 5.91 Å². The molecule has 1 aromatic carbocycles. The number of halogens is 4. The van der Waals surface area contributed by atoms with E-state index in [-0.39, 0.29) is 5.76 Å². The number of hydrogen-bond acceptors (Lipinski definition) is 2. The number of alkyl halides is 4. The fraction of sp³-hybridized carbons (Fsp3) is 0.308. The van der Waals surface area contributed by atoms with Crippen LogP contribution in [0, 0.1) is 0 Å². The summed E-state index contributed by atoms with van der Waals surface area (Å²) in [6.07, 6.45) is -3.65. The molecule has 1 fully saturated rings. The minimum atomic E-state index is -4.38. The van der Waals surface area contributed by atoms with Crippen molar-refractivity contribution in [1.82, 2.24) is 5.32 Å². The summed E-state index contributed by atoms with van der Waals surface area (Å²) in [6.45, 7) is 1.66. The molecule has 1 aliphatic heterocycles. The predicted molar refractivity (Wildman–Crippen MR) is 67.8 cm³/mol. The Morgan fingerprint density at radius 1 is 1.35 bits per heavy atom. The minimum Gasteiger partial charge on any atom is -0.463 e. The Morgan fingerprint density at radius 3 is 2.40 bits per heavy atom. The molecular weight excluding hydrogens is 295 g/mol. The van der Waals surface area contributed by atoms with Crippen LogP contribution >= 0.6 is 11.6 Å². The Morgan fingerprint density at radius 2 is 1.95 bits per heavy atom. The van der Waals surface area contributed by atoms with Gasteiger partial charge in [-0.15, -0.1) is 11.6 Å². The van der Waals surface area contributed by atoms with Gasteiger partial charge in [-0.2, -0.15) is 13.2 Å². The van der Waals surface area contributed by atoms with Crippen molar-refractivity contribution in [3.8, 4) is 0 Å². The average Bonchev–Trinajstić information content (AvgIpc) is 2.71. The number of rotatable bonds is 2. The standard InChI is InChI=1S/C13H11ClF3NO2/c1-7(14)12-18-11(19)10(20-12)6-8-2-4-9(5-3-8)13(15,16)17/h2-7,12H,1H3,(H,18,19)/b10-6-. The van der Waals surface area contributed by atoms with E-state index in [1.165, 1.54) is 18.2 Å². The molecule has 1 aliphatic rings. The van der Waals surface area contributed by atoms with Gasteiger partial charge in [0.05, 0.1) is 10.9 Å². The molecule has 0 saturated carbocycles. The van der Waals surface area contributed by atoms with Crippen LogP contribution in [-0.4, -0.2) is 17.5 Å². The highest BCUT2D eigenvalue weighted by Crippen LogP contribution is 2.29. The summed E-state index contributed by atoms with van der Waals surface area (Å²) >= 11 is 5.80. The Bertz CT molecular complexity index is 538. The molecule has 7 heteroatoms. The maximum atomic E-state index is 12.4. The topological polar surface area (TPSA) is 38.3 Å².